The molecule has 0 fully saturated rings. The molecule has 0 aliphatic carbocycles. The first-order valence-electron chi connectivity index (χ1n) is 4.27. The summed E-state index contributed by atoms with van der Waals surface area (Å²) in [5.41, 5.74) is 7.78. The van der Waals surface area contributed by atoms with Gasteiger partial charge in [0.05, 0.1) is 12.3 Å². The molecule has 12 heavy (non-hydrogen) atoms. The average Bonchev–Trinajstić information content (AvgIpc) is 2.09. The van der Waals surface area contributed by atoms with Crippen LogP contribution in [-0.2, 0) is 0 Å². The van der Waals surface area contributed by atoms with E-state index in [1.165, 1.54) is 0 Å². The molecule has 0 saturated heterocycles. The fraction of sp³-hybridized carbons (Fsp3) is 0.400. The summed E-state index contributed by atoms with van der Waals surface area (Å²) < 4.78 is 5.42. The Hall–Kier alpha value is -1.18. The Balaban J connectivity index is 2.37. The third-order valence-electron chi connectivity index (χ3n) is 1.62. The van der Waals surface area contributed by atoms with Crippen LogP contribution in [0.2, 0.25) is 0 Å². The van der Waals surface area contributed by atoms with E-state index in [9.17, 15) is 0 Å². The molecule has 0 amide bonds. The fourth-order valence-corrected chi connectivity index (χ4v) is 0.886. The SMILES string of the molecule is CCCCOc1ccc([NH])cc1. The Bertz CT molecular complexity index is 218. The molecule has 0 heterocycles. The van der Waals surface area contributed by atoms with Gasteiger partial charge in [0.2, 0.25) is 0 Å². The van der Waals surface area contributed by atoms with Crippen LogP contribution in [0.15, 0.2) is 24.3 Å². The maximum absolute atomic E-state index is 7.25. The third-order valence-corrected chi connectivity index (χ3v) is 1.62. The molecule has 1 N–H and O–H groups in total. The van der Waals surface area contributed by atoms with Crippen LogP contribution < -0.4 is 10.5 Å². The highest BCUT2D eigenvalue weighted by Crippen LogP contribution is 2.14. The van der Waals surface area contributed by atoms with Gasteiger partial charge in [0, 0.05) is 0 Å². The summed E-state index contributed by atoms with van der Waals surface area (Å²) in [5, 5.41) is 0. The predicted octanol–water partition coefficient (Wildman–Crippen LogP) is 2.78. The highest BCUT2D eigenvalue weighted by atomic mass is 16.5. The highest BCUT2D eigenvalue weighted by molar-refractivity contribution is 5.38. The number of hydrogen-bond donors (Lipinski definition) is 0. The zero-order chi connectivity index (χ0) is 8.81. The summed E-state index contributed by atoms with van der Waals surface area (Å²) in [6.07, 6.45) is 2.24. The molecule has 65 valence electrons. The molecule has 0 aliphatic rings. The minimum atomic E-state index is 0.526. The second-order valence-electron chi connectivity index (χ2n) is 2.73. The lowest BCUT2D eigenvalue weighted by Gasteiger charge is -2.04. The van der Waals surface area contributed by atoms with Crippen molar-refractivity contribution in [2.75, 3.05) is 6.61 Å². The van der Waals surface area contributed by atoms with Crippen molar-refractivity contribution in [3.8, 4) is 5.75 Å². The maximum atomic E-state index is 7.25. The number of benzene rings is 1. The van der Waals surface area contributed by atoms with Crippen LogP contribution in [0.5, 0.6) is 5.75 Å². The molecule has 0 aromatic heterocycles. The van der Waals surface area contributed by atoms with Crippen LogP contribution in [0.25, 0.3) is 0 Å². The standard InChI is InChI=1S/C10H14NO/c1-2-3-8-12-10-6-4-9(11)5-7-10/h4-7,11H,2-3,8H2,1H3. The summed E-state index contributed by atoms with van der Waals surface area (Å²) in [6.45, 7) is 2.91. The second-order valence-corrected chi connectivity index (χ2v) is 2.73. The first kappa shape index (κ1) is 8.91. The van der Waals surface area contributed by atoms with Crippen LogP contribution in [0.4, 0.5) is 5.69 Å². The Kier molecular flexibility index (Phi) is 3.45. The number of rotatable bonds is 4. The van der Waals surface area contributed by atoms with Gasteiger partial charge >= 0.3 is 0 Å². The third kappa shape index (κ3) is 2.82. The summed E-state index contributed by atoms with van der Waals surface area (Å²) in [5.74, 6) is 0.861. The highest BCUT2D eigenvalue weighted by Gasteiger charge is 1.91. The van der Waals surface area contributed by atoms with Gasteiger partial charge in [-0.2, -0.15) is 0 Å². The number of ether oxygens (including phenoxy) is 1. The second kappa shape index (κ2) is 4.65. The number of unbranched alkanes of at least 4 members (excludes halogenated alkanes) is 1. The van der Waals surface area contributed by atoms with Crippen molar-refractivity contribution in [1.29, 1.82) is 0 Å². The smallest absolute Gasteiger partial charge is 0.119 e. The van der Waals surface area contributed by atoms with Crippen molar-refractivity contribution in [3.05, 3.63) is 24.3 Å². The Morgan fingerprint density at radius 2 is 1.92 bits per heavy atom. The molecule has 0 atom stereocenters. The van der Waals surface area contributed by atoms with Crippen LogP contribution in [0.1, 0.15) is 19.8 Å². The molecule has 0 bridgehead atoms. The Labute approximate surface area is 73.3 Å². The minimum absolute atomic E-state index is 0.526. The van der Waals surface area contributed by atoms with Crippen molar-refractivity contribution < 1.29 is 4.74 Å². The van der Waals surface area contributed by atoms with Gasteiger partial charge in [0.15, 0.2) is 0 Å². The average molecular weight is 164 g/mol. The van der Waals surface area contributed by atoms with Crippen LogP contribution in [0.3, 0.4) is 0 Å². The molecule has 1 aromatic carbocycles. The summed E-state index contributed by atoms with van der Waals surface area (Å²) in [4.78, 5) is 0. The van der Waals surface area contributed by atoms with Gasteiger partial charge in [-0.3, -0.25) is 0 Å². The molecular formula is C10H14NO. The van der Waals surface area contributed by atoms with E-state index in [2.05, 4.69) is 6.92 Å². The lowest BCUT2D eigenvalue weighted by atomic mass is 10.3. The number of nitrogens with one attached hydrogen (secondary N) is 1. The summed E-state index contributed by atoms with van der Waals surface area (Å²) in [7, 11) is 0. The molecule has 0 unspecified atom stereocenters. The molecule has 1 aromatic rings. The number of hydrogen-bond acceptors (Lipinski definition) is 1. The predicted molar refractivity (Wildman–Crippen MR) is 49.6 cm³/mol. The lowest BCUT2D eigenvalue weighted by Crippen LogP contribution is -1.95. The molecule has 0 saturated carbocycles. The Morgan fingerprint density at radius 3 is 2.50 bits per heavy atom. The first-order chi connectivity index (χ1) is 5.83. The molecule has 1 rings (SSSR count). The monoisotopic (exact) mass is 164 g/mol. The van der Waals surface area contributed by atoms with Gasteiger partial charge < -0.3 is 10.5 Å². The van der Waals surface area contributed by atoms with Crippen LogP contribution >= 0.6 is 0 Å². The van der Waals surface area contributed by atoms with Crippen molar-refractivity contribution in [2.45, 2.75) is 19.8 Å². The molecule has 0 aliphatic heterocycles. The van der Waals surface area contributed by atoms with Gasteiger partial charge in [0.25, 0.3) is 0 Å². The topological polar surface area (TPSA) is 33.0 Å². The molecule has 2 heteroatoms. The van der Waals surface area contributed by atoms with Crippen LogP contribution in [0, 0.1) is 0 Å². The van der Waals surface area contributed by atoms with E-state index in [0.717, 1.165) is 25.2 Å². The van der Waals surface area contributed by atoms with Gasteiger partial charge in [-0.15, -0.1) is 0 Å². The Morgan fingerprint density at radius 1 is 1.25 bits per heavy atom. The normalized spacial score (nSPS) is 9.75. The van der Waals surface area contributed by atoms with E-state index in [1.54, 1.807) is 12.1 Å². The maximum Gasteiger partial charge on any atom is 0.119 e. The van der Waals surface area contributed by atoms with Crippen LogP contribution in [-0.4, -0.2) is 6.61 Å². The zero-order valence-electron chi connectivity index (χ0n) is 7.34. The fourth-order valence-electron chi connectivity index (χ4n) is 0.886. The van der Waals surface area contributed by atoms with E-state index in [0.29, 0.717) is 5.69 Å². The van der Waals surface area contributed by atoms with Gasteiger partial charge in [-0.1, -0.05) is 13.3 Å². The van der Waals surface area contributed by atoms with E-state index < -0.39 is 0 Å². The molecule has 1 radical (unpaired) electrons. The van der Waals surface area contributed by atoms with Crippen molar-refractivity contribution >= 4 is 5.69 Å². The van der Waals surface area contributed by atoms with Crippen molar-refractivity contribution in [3.63, 3.8) is 0 Å². The van der Waals surface area contributed by atoms with E-state index in [4.69, 9.17) is 10.5 Å². The van der Waals surface area contributed by atoms with E-state index >= 15 is 0 Å². The quantitative estimate of drug-likeness (QED) is 0.630. The van der Waals surface area contributed by atoms with E-state index in [-0.39, 0.29) is 0 Å². The molecular weight excluding hydrogens is 150 g/mol. The molecule has 2 nitrogen and oxygen atoms in total. The van der Waals surface area contributed by atoms with Gasteiger partial charge in [0.1, 0.15) is 5.75 Å². The van der Waals surface area contributed by atoms with Gasteiger partial charge in [-0.05, 0) is 30.7 Å². The van der Waals surface area contributed by atoms with Gasteiger partial charge in [-0.25, -0.2) is 0 Å². The molecule has 0 spiro atoms. The zero-order valence-corrected chi connectivity index (χ0v) is 7.34. The minimum Gasteiger partial charge on any atom is -0.494 e. The van der Waals surface area contributed by atoms with E-state index in [1.807, 2.05) is 12.1 Å². The lowest BCUT2D eigenvalue weighted by molar-refractivity contribution is 0.309. The summed E-state index contributed by atoms with van der Waals surface area (Å²) in [6, 6.07) is 7.14. The first-order valence-corrected chi connectivity index (χ1v) is 4.27. The van der Waals surface area contributed by atoms with Crippen molar-refractivity contribution in [2.24, 2.45) is 0 Å². The largest absolute Gasteiger partial charge is 0.494 e. The summed E-state index contributed by atoms with van der Waals surface area (Å²) >= 11 is 0. The van der Waals surface area contributed by atoms with Crippen molar-refractivity contribution in [1.82, 2.24) is 5.73 Å².